The highest BCUT2D eigenvalue weighted by atomic mass is 16.5. The fourth-order valence-electron chi connectivity index (χ4n) is 2.92. The van der Waals surface area contributed by atoms with E-state index in [4.69, 9.17) is 13.7 Å². The van der Waals surface area contributed by atoms with Crippen LogP contribution >= 0.6 is 0 Å². The van der Waals surface area contributed by atoms with Crippen molar-refractivity contribution in [2.24, 2.45) is 0 Å². The number of aromatic amines is 2. The number of methoxy groups -OCH3 is 1. The Balaban J connectivity index is 2.10. The van der Waals surface area contributed by atoms with Gasteiger partial charge in [-0.2, -0.15) is 0 Å². The molecule has 1 aromatic carbocycles. The largest absolute Gasteiger partial charge is 0.496 e. The highest BCUT2D eigenvalue weighted by Crippen LogP contribution is 2.37. The average molecular weight is 312 g/mol. The summed E-state index contributed by atoms with van der Waals surface area (Å²) in [5.74, 6) is 0.891. The van der Waals surface area contributed by atoms with Gasteiger partial charge in [0, 0.05) is 11.6 Å². The molecule has 0 aliphatic carbocycles. The molecule has 3 heterocycles. The van der Waals surface area contributed by atoms with Gasteiger partial charge in [-0.05, 0) is 19.9 Å². The molecule has 4 aromatic rings. The van der Waals surface area contributed by atoms with E-state index in [0.29, 0.717) is 16.8 Å². The highest BCUT2D eigenvalue weighted by molar-refractivity contribution is 6.01. The number of nitrogens with one attached hydrogen (secondary N) is 2. The Bertz CT molecular complexity index is 1080. The standard InChI is InChI=1S/C16H13N3O4/c1-7-14(8(2)23-19-7)10-4-11-9(5-12(10)21-3)15-13(6-17-11)22-16(20)18-15/h4-6H,1-3H3,(H,18,20)/p+1. The van der Waals surface area contributed by atoms with Gasteiger partial charge in [0.1, 0.15) is 17.0 Å². The zero-order valence-corrected chi connectivity index (χ0v) is 12.8. The second-order valence-electron chi connectivity index (χ2n) is 5.34. The minimum Gasteiger partial charge on any atom is -0.496 e. The average Bonchev–Trinajstić information content (AvgIpc) is 3.07. The zero-order chi connectivity index (χ0) is 16.1. The fourth-order valence-corrected chi connectivity index (χ4v) is 2.92. The van der Waals surface area contributed by atoms with Crippen LogP contribution in [-0.4, -0.2) is 17.3 Å². The Labute approximate surface area is 129 Å². The Morgan fingerprint density at radius 3 is 2.83 bits per heavy atom. The molecule has 0 radical (unpaired) electrons. The van der Waals surface area contributed by atoms with E-state index in [2.05, 4.69) is 15.1 Å². The summed E-state index contributed by atoms with van der Waals surface area (Å²) in [4.78, 5) is 17.3. The van der Waals surface area contributed by atoms with Crippen LogP contribution in [0.2, 0.25) is 0 Å². The third-order valence-electron chi connectivity index (χ3n) is 3.95. The quantitative estimate of drug-likeness (QED) is 0.613. The van der Waals surface area contributed by atoms with Crippen LogP contribution in [-0.2, 0) is 0 Å². The first-order valence-electron chi connectivity index (χ1n) is 7.07. The smallest absolute Gasteiger partial charge is 0.417 e. The molecule has 23 heavy (non-hydrogen) atoms. The van der Waals surface area contributed by atoms with Crippen molar-refractivity contribution in [2.75, 3.05) is 7.11 Å². The van der Waals surface area contributed by atoms with E-state index in [1.165, 1.54) is 0 Å². The molecule has 7 nitrogen and oxygen atoms in total. The van der Waals surface area contributed by atoms with Crippen molar-refractivity contribution in [3.8, 4) is 16.9 Å². The maximum Gasteiger partial charge on any atom is 0.417 e. The van der Waals surface area contributed by atoms with Gasteiger partial charge in [-0.15, -0.1) is 0 Å². The van der Waals surface area contributed by atoms with Crippen LogP contribution in [0.15, 0.2) is 32.1 Å². The van der Waals surface area contributed by atoms with Crippen molar-refractivity contribution in [2.45, 2.75) is 13.8 Å². The van der Waals surface area contributed by atoms with E-state index in [1.807, 2.05) is 26.0 Å². The predicted octanol–water partition coefficient (Wildman–Crippen LogP) is 2.37. The molecule has 2 N–H and O–H groups in total. The molecular formula is C16H14N3O4+. The predicted molar refractivity (Wildman–Crippen MR) is 82.4 cm³/mol. The molecule has 0 spiro atoms. The number of fused-ring (bicyclic) bond motifs is 3. The summed E-state index contributed by atoms with van der Waals surface area (Å²) >= 11 is 0. The number of rotatable bonds is 2. The summed E-state index contributed by atoms with van der Waals surface area (Å²) in [5, 5.41) is 4.80. The number of pyridine rings is 1. The van der Waals surface area contributed by atoms with E-state index in [0.717, 1.165) is 33.5 Å². The first kappa shape index (κ1) is 13.6. The number of H-pyrrole nitrogens is 2. The SMILES string of the molecule is COc1cc2c(cc1-c1c(C)noc1C)[nH+]cc1oc(=O)[nH]c12. The van der Waals surface area contributed by atoms with Crippen molar-refractivity contribution < 1.29 is 18.7 Å². The molecular weight excluding hydrogens is 298 g/mol. The second kappa shape index (κ2) is 4.70. The van der Waals surface area contributed by atoms with Gasteiger partial charge in [0.05, 0.1) is 23.8 Å². The van der Waals surface area contributed by atoms with Crippen LogP contribution in [0.5, 0.6) is 5.75 Å². The van der Waals surface area contributed by atoms with Gasteiger partial charge in [0.25, 0.3) is 0 Å². The Morgan fingerprint density at radius 2 is 2.13 bits per heavy atom. The second-order valence-corrected chi connectivity index (χ2v) is 5.34. The van der Waals surface area contributed by atoms with Gasteiger partial charge in [0.2, 0.25) is 17.3 Å². The van der Waals surface area contributed by atoms with Crippen molar-refractivity contribution >= 4 is 22.0 Å². The van der Waals surface area contributed by atoms with E-state index in [-0.39, 0.29) is 0 Å². The van der Waals surface area contributed by atoms with Gasteiger partial charge >= 0.3 is 5.76 Å². The van der Waals surface area contributed by atoms with E-state index in [9.17, 15) is 4.79 Å². The molecule has 4 rings (SSSR count). The molecule has 0 aliphatic heterocycles. The molecule has 0 aliphatic rings. The lowest BCUT2D eigenvalue weighted by Crippen LogP contribution is -2.03. The molecule has 116 valence electrons. The molecule has 0 saturated carbocycles. The van der Waals surface area contributed by atoms with Crippen LogP contribution in [0.25, 0.3) is 33.1 Å². The number of aryl methyl sites for hydroxylation is 2. The summed E-state index contributed by atoms with van der Waals surface area (Å²) in [7, 11) is 1.60. The van der Waals surface area contributed by atoms with Gasteiger partial charge in [-0.3, -0.25) is 4.98 Å². The number of ether oxygens (including phenoxy) is 1. The molecule has 3 aromatic heterocycles. The number of aromatic nitrogens is 3. The monoisotopic (exact) mass is 312 g/mol. The van der Waals surface area contributed by atoms with E-state index in [1.54, 1.807) is 13.3 Å². The third kappa shape index (κ3) is 1.93. The molecule has 0 amide bonds. The molecule has 0 unspecified atom stereocenters. The van der Waals surface area contributed by atoms with Gasteiger partial charge in [-0.25, -0.2) is 9.78 Å². The normalized spacial score (nSPS) is 11.4. The lowest BCUT2D eigenvalue weighted by atomic mass is 10.0. The number of oxazole rings is 1. The lowest BCUT2D eigenvalue weighted by Gasteiger charge is -2.08. The van der Waals surface area contributed by atoms with Crippen molar-refractivity contribution in [3.05, 3.63) is 40.3 Å². The van der Waals surface area contributed by atoms with E-state index < -0.39 is 5.76 Å². The number of hydrogen-bond donors (Lipinski definition) is 1. The maximum absolute atomic E-state index is 11.4. The van der Waals surface area contributed by atoms with Crippen LogP contribution in [0.1, 0.15) is 11.5 Å². The first-order valence-corrected chi connectivity index (χ1v) is 7.07. The summed E-state index contributed by atoms with van der Waals surface area (Å²) in [6, 6.07) is 3.81. The van der Waals surface area contributed by atoms with Crippen LogP contribution in [0.3, 0.4) is 0 Å². The molecule has 7 heteroatoms. The molecule has 0 atom stereocenters. The van der Waals surface area contributed by atoms with E-state index >= 15 is 0 Å². The summed E-state index contributed by atoms with van der Waals surface area (Å²) in [6.07, 6.45) is 1.65. The lowest BCUT2D eigenvalue weighted by molar-refractivity contribution is -0.343. The van der Waals surface area contributed by atoms with Crippen LogP contribution in [0.4, 0.5) is 0 Å². The molecule has 0 saturated heterocycles. The molecule has 0 fully saturated rings. The van der Waals surface area contributed by atoms with Crippen molar-refractivity contribution in [1.82, 2.24) is 10.1 Å². The minimum atomic E-state index is -0.491. The summed E-state index contributed by atoms with van der Waals surface area (Å²) in [5.41, 5.74) is 4.50. The highest BCUT2D eigenvalue weighted by Gasteiger charge is 2.20. The number of benzene rings is 1. The van der Waals surface area contributed by atoms with Crippen LogP contribution < -0.4 is 15.5 Å². The van der Waals surface area contributed by atoms with Gasteiger partial charge in [0.15, 0.2) is 0 Å². The minimum absolute atomic E-state index is 0.467. The Kier molecular flexibility index (Phi) is 2.77. The van der Waals surface area contributed by atoms with Crippen LogP contribution in [0, 0.1) is 13.8 Å². The summed E-state index contributed by atoms with van der Waals surface area (Å²) < 4.78 is 15.9. The van der Waals surface area contributed by atoms with Crippen molar-refractivity contribution in [1.29, 1.82) is 0 Å². The fraction of sp³-hybridized carbons (Fsp3) is 0.188. The first-order chi connectivity index (χ1) is 11.1. The summed E-state index contributed by atoms with van der Waals surface area (Å²) in [6.45, 7) is 3.75. The zero-order valence-electron chi connectivity index (χ0n) is 12.8. The Hall–Kier alpha value is -3.09. The Morgan fingerprint density at radius 1 is 1.30 bits per heavy atom. The topological polar surface area (TPSA) is 95.4 Å². The van der Waals surface area contributed by atoms with Crippen molar-refractivity contribution in [3.63, 3.8) is 0 Å². The third-order valence-corrected chi connectivity index (χ3v) is 3.95. The number of hydrogen-bond acceptors (Lipinski definition) is 5. The van der Waals surface area contributed by atoms with Gasteiger partial charge in [-0.1, -0.05) is 5.16 Å². The molecule has 0 bridgehead atoms. The number of nitrogens with zero attached hydrogens (tertiary/aromatic N) is 1. The van der Waals surface area contributed by atoms with Gasteiger partial charge < -0.3 is 13.7 Å². The maximum atomic E-state index is 11.4.